The Morgan fingerprint density at radius 1 is 1.14 bits per heavy atom. The summed E-state index contributed by atoms with van der Waals surface area (Å²) in [6, 6.07) is 8.27. The normalized spacial score (nSPS) is 27.7. The molecular weight excluding hydrogens is 298 g/mol. The first-order chi connectivity index (χ1) is 10.6. The fraction of sp³-hybridized carbons (Fsp3) is 0.529. The molecule has 0 radical (unpaired) electrons. The first kappa shape index (κ1) is 15.4. The molecule has 4 nitrogen and oxygen atoms in total. The van der Waals surface area contributed by atoms with E-state index in [1.165, 1.54) is 10.5 Å². The molecule has 3 unspecified atom stereocenters. The zero-order valence-corrected chi connectivity index (χ0v) is 13.3. The van der Waals surface area contributed by atoms with Crippen molar-refractivity contribution in [2.75, 3.05) is 5.75 Å². The van der Waals surface area contributed by atoms with Crippen molar-refractivity contribution in [1.82, 2.24) is 5.32 Å². The zero-order chi connectivity index (χ0) is 15.5. The summed E-state index contributed by atoms with van der Waals surface area (Å²) in [7, 11) is 0. The Balaban J connectivity index is 1.66. The number of hydrogen-bond donors (Lipinski definition) is 2. The lowest BCUT2D eigenvalue weighted by atomic mass is 9.81. The molecule has 1 aliphatic carbocycles. The first-order valence-corrected chi connectivity index (χ1v) is 8.88. The average Bonchev–Trinajstić information content (AvgIpc) is 2.55. The van der Waals surface area contributed by atoms with Crippen molar-refractivity contribution in [3.05, 3.63) is 29.8 Å². The second-order valence-electron chi connectivity index (χ2n) is 6.13. The summed E-state index contributed by atoms with van der Waals surface area (Å²) in [5.74, 6) is -0.255. The van der Waals surface area contributed by atoms with Crippen molar-refractivity contribution in [3.63, 3.8) is 0 Å². The van der Waals surface area contributed by atoms with E-state index < -0.39 is 5.97 Å². The van der Waals surface area contributed by atoms with Crippen LogP contribution >= 0.6 is 11.8 Å². The van der Waals surface area contributed by atoms with Gasteiger partial charge in [-0.15, -0.1) is 11.8 Å². The van der Waals surface area contributed by atoms with Crippen molar-refractivity contribution in [2.45, 2.75) is 43.0 Å². The third-order valence-electron chi connectivity index (χ3n) is 4.67. The molecule has 3 rings (SSSR count). The van der Waals surface area contributed by atoms with Crippen molar-refractivity contribution in [3.8, 4) is 0 Å². The van der Waals surface area contributed by atoms with Gasteiger partial charge in [-0.2, -0.15) is 0 Å². The Hall–Kier alpha value is -1.49. The molecule has 0 spiro atoms. The summed E-state index contributed by atoms with van der Waals surface area (Å²) in [4.78, 5) is 24.9. The summed E-state index contributed by atoms with van der Waals surface area (Å²) < 4.78 is 0. The standard InChI is InChI=1S/C17H21NO3S/c19-16(11-4-3-5-12(10-11)17(20)21)18-14-8-9-22-15-7-2-1-6-13(14)15/h1-2,6-7,11-12,14H,3-5,8-10H2,(H,18,19)(H,20,21). The van der Waals surface area contributed by atoms with Gasteiger partial charge in [-0.3, -0.25) is 9.59 Å². The minimum atomic E-state index is -0.767. The van der Waals surface area contributed by atoms with Crippen LogP contribution in [0.2, 0.25) is 0 Å². The number of nitrogens with one attached hydrogen (secondary N) is 1. The SMILES string of the molecule is O=C(O)C1CCCC(C(=O)NC2CCSc3ccccc32)C1. The van der Waals surface area contributed by atoms with Crippen molar-refractivity contribution < 1.29 is 14.7 Å². The largest absolute Gasteiger partial charge is 0.481 e. The summed E-state index contributed by atoms with van der Waals surface area (Å²) in [6.07, 6.45) is 3.74. The second kappa shape index (κ2) is 6.73. The number of benzene rings is 1. The van der Waals surface area contributed by atoms with Gasteiger partial charge in [-0.1, -0.05) is 24.6 Å². The maximum absolute atomic E-state index is 12.5. The lowest BCUT2D eigenvalue weighted by Crippen LogP contribution is -2.38. The van der Waals surface area contributed by atoms with E-state index in [0.29, 0.717) is 12.8 Å². The van der Waals surface area contributed by atoms with Crippen molar-refractivity contribution in [2.24, 2.45) is 11.8 Å². The van der Waals surface area contributed by atoms with Gasteiger partial charge in [0.2, 0.25) is 5.91 Å². The van der Waals surface area contributed by atoms with Gasteiger partial charge in [0, 0.05) is 16.6 Å². The highest BCUT2D eigenvalue weighted by atomic mass is 32.2. The molecule has 1 heterocycles. The topological polar surface area (TPSA) is 66.4 Å². The average molecular weight is 319 g/mol. The molecule has 1 saturated carbocycles. The summed E-state index contributed by atoms with van der Waals surface area (Å²) in [6.45, 7) is 0. The van der Waals surface area contributed by atoms with Gasteiger partial charge in [0.1, 0.15) is 0 Å². The Bertz CT molecular complexity index is 575. The number of carboxylic acid groups (broad SMARTS) is 1. The molecule has 118 valence electrons. The molecule has 1 fully saturated rings. The highest BCUT2D eigenvalue weighted by molar-refractivity contribution is 7.99. The van der Waals surface area contributed by atoms with E-state index in [4.69, 9.17) is 5.11 Å². The minimum Gasteiger partial charge on any atom is -0.481 e. The molecular formula is C17H21NO3S. The van der Waals surface area contributed by atoms with E-state index in [1.807, 2.05) is 23.9 Å². The molecule has 0 saturated heterocycles. The van der Waals surface area contributed by atoms with Crippen molar-refractivity contribution in [1.29, 1.82) is 0 Å². The number of carbonyl (C=O) groups excluding carboxylic acids is 1. The summed E-state index contributed by atoms with van der Waals surface area (Å²) in [5.41, 5.74) is 1.19. The quantitative estimate of drug-likeness (QED) is 0.897. The van der Waals surface area contributed by atoms with Crippen LogP contribution in [-0.2, 0) is 9.59 Å². The van der Waals surface area contributed by atoms with Gasteiger partial charge in [0.05, 0.1) is 12.0 Å². The maximum atomic E-state index is 12.5. The molecule has 1 aromatic carbocycles. The second-order valence-corrected chi connectivity index (χ2v) is 7.27. The fourth-order valence-electron chi connectivity index (χ4n) is 3.43. The van der Waals surface area contributed by atoms with Crippen LogP contribution < -0.4 is 5.32 Å². The molecule has 1 aliphatic heterocycles. The summed E-state index contributed by atoms with van der Waals surface area (Å²) in [5, 5.41) is 12.3. The van der Waals surface area contributed by atoms with Gasteiger partial charge in [-0.25, -0.2) is 0 Å². The number of carboxylic acids is 1. The van der Waals surface area contributed by atoms with Crippen LogP contribution in [-0.4, -0.2) is 22.7 Å². The van der Waals surface area contributed by atoms with E-state index >= 15 is 0 Å². The van der Waals surface area contributed by atoms with Gasteiger partial charge < -0.3 is 10.4 Å². The smallest absolute Gasteiger partial charge is 0.306 e. The number of amides is 1. The van der Waals surface area contributed by atoms with Crippen LogP contribution in [0.5, 0.6) is 0 Å². The molecule has 3 atom stereocenters. The molecule has 0 bridgehead atoms. The minimum absolute atomic E-state index is 0.0256. The third kappa shape index (κ3) is 3.29. The Morgan fingerprint density at radius 2 is 1.91 bits per heavy atom. The summed E-state index contributed by atoms with van der Waals surface area (Å²) >= 11 is 1.83. The highest BCUT2D eigenvalue weighted by Crippen LogP contribution is 2.36. The van der Waals surface area contributed by atoms with Crippen LogP contribution in [0.1, 0.15) is 43.7 Å². The van der Waals surface area contributed by atoms with E-state index in [0.717, 1.165) is 25.0 Å². The fourth-order valence-corrected chi connectivity index (χ4v) is 4.56. The van der Waals surface area contributed by atoms with Crippen LogP contribution in [0.3, 0.4) is 0 Å². The highest BCUT2D eigenvalue weighted by Gasteiger charge is 2.32. The number of rotatable bonds is 3. The van der Waals surface area contributed by atoms with Crippen LogP contribution in [0.15, 0.2) is 29.2 Å². The number of aliphatic carboxylic acids is 1. The lowest BCUT2D eigenvalue weighted by molar-refractivity contribution is -0.144. The van der Waals surface area contributed by atoms with Gasteiger partial charge >= 0.3 is 5.97 Å². The van der Waals surface area contributed by atoms with E-state index in [-0.39, 0.29) is 23.8 Å². The predicted molar refractivity (Wildman–Crippen MR) is 85.8 cm³/mol. The predicted octanol–water partition coefficient (Wildman–Crippen LogP) is 3.23. The molecule has 0 aromatic heterocycles. The van der Waals surface area contributed by atoms with E-state index in [1.54, 1.807) is 0 Å². The van der Waals surface area contributed by atoms with E-state index in [9.17, 15) is 9.59 Å². The molecule has 2 aliphatic rings. The van der Waals surface area contributed by atoms with Gasteiger partial charge in [0.15, 0.2) is 0 Å². The molecule has 1 amide bonds. The molecule has 1 aromatic rings. The zero-order valence-electron chi connectivity index (χ0n) is 12.5. The van der Waals surface area contributed by atoms with Crippen LogP contribution in [0.25, 0.3) is 0 Å². The van der Waals surface area contributed by atoms with Crippen LogP contribution in [0, 0.1) is 11.8 Å². The van der Waals surface area contributed by atoms with E-state index in [2.05, 4.69) is 17.4 Å². The number of carbonyl (C=O) groups is 2. The number of hydrogen-bond acceptors (Lipinski definition) is 3. The lowest BCUT2D eigenvalue weighted by Gasteiger charge is -2.30. The first-order valence-electron chi connectivity index (χ1n) is 7.90. The van der Waals surface area contributed by atoms with Crippen molar-refractivity contribution >= 4 is 23.6 Å². The molecule has 5 heteroatoms. The third-order valence-corrected chi connectivity index (χ3v) is 5.79. The number of thioether (sulfide) groups is 1. The molecule has 22 heavy (non-hydrogen) atoms. The Morgan fingerprint density at radius 3 is 2.73 bits per heavy atom. The maximum Gasteiger partial charge on any atom is 0.306 e. The monoisotopic (exact) mass is 319 g/mol. The number of fused-ring (bicyclic) bond motifs is 1. The van der Waals surface area contributed by atoms with Crippen LogP contribution in [0.4, 0.5) is 0 Å². The van der Waals surface area contributed by atoms with Gasteiger partial charge in [-0.05, 0) is 37.3 Å². The molecule has 2 N–H and O–H groups in total. The Kier molecular flexibility index (Phi) is 4.71. The Labute approximate surface area is 134 Å². The van der Waals surface area contributed by atoms with Gasteiger partial charge in [0.25, 0.3) is 0 Å².